The van der Waals surface area contributed by atoms with E-state index in [1.807, 2.05) is 90.0 Å². The average Bonchev–Trinajstić information content (AvgIpc) is 1.48. The molecule has 12 saturated carbocycles. The lowest BCUT2D eigenvalue weighted by atomic mass is 9.52. The van der Waals surface area contributed by atoms with Crippen LogP contribution in [0.15, 0.2) is 0 Å². The van der Waals surface area contributed by atoms with Crippen LogP contribution < -0.4 is 0 Å². The van der Waals surface area contributed by atoms with Crippen LogP contribution in [0.2, 0.25) is 0 Å². The number of hydrogen-bond acceptors (Lipinski definition) is 21. The molecule has 0 amide bonds. The summed E-state index contributed by atoms with van der Waals surface area (Å²) in [6, 6.07) is 0. The average molecular weight is 1660 g/mol. The first-order chi connectivity index (χ1) is 48.9. The molecule has 16 fully saturated rings. The van der Waals surface area contributed by atoms with Gasteiger partial charge in [-0.15, -0.1) is 0 Å². The van der Waals surface area contributed by atoms with E-state index in [1.54, 1.807) is 6.92 Å². The fraction of sp³-hybridized carbons (Fsp3) is 0.905. The zero-order valence-electron chi connectivity index (χ0n) is 66.3. The van der Waals surface area contributed by atoms with Gasteiger partial charge >= 0.3 is 53.7 Å². The van der Waals surface area contributed by atoms with E-state index in [4.69, 9.17) is 47.4 Å². The van der Waals surface area contributed by atoms with E-state index in [-0.39, 0.29) is 236 Å². The topological polar surface area (TPSA) is 286 Å². The number of esters is 9. The minimum Gasteiger partial charge on any atom is -0.469 e. The number of ether oxygens (including phenoxy) is 10. The van der Waals surface area contributed by atoms with Gasteiger partial charge in [0.05, 0.1) is 76.7 Å². The van der Waals surface area contributed by atoms with Crippen LogP contribution in [-0.2, 0) is 90.5 Å². The van der Waals surface area contributed by atoms with Gasteiger partial charge in [-0.25, -0.2) is 0 Å². The van der Waals surface area contributed by atoms with E-state index in [0.29, 0.717) is 55.8 Å². The number of rotatable bonds is 21. The van der Waals surface area contributed by atoms with Crippen LogP contribution in [0, 0.1) is 87.8 Å². The molecule has 19 atom stereocenters. The summed E-state index contributed by atoms with van der Waals surface area (Å²) in [4.78, 5) is 107. The second-order valence-corrected chi connectivity index (χ2v) is 36.3. The van der Waals surface area contributed by atoms with Crippen LogP contribution in [-0.4, -0.2) is 141 Å². The van der Waals surface area contributed by atoms with E-state index in [9.17, 15) is 53.4 Å². The molecule has 0 spiro atoms. The number of fused-ring (bicyclic) bond motifs is 2. The number of carbonyl (C=O) groups is 9. The third-order valence-corrected chi connectivity index (χ3v) is 27.8. The highest BCUT2D eigenvalue weighted by Crippen LogP contribution is 2.62. The predicted octanol–water partition coefficient (Wildman–Crippen LogP) is 21.9. The number of methoxy groups -OCH3 is 1. The zero-order valence-corrected chi connectivity index (χ0v) is 66.3. The molecule has 4 saturated heterocycles. The molecule has 16 aliphatic rings. The van der Waals surface area contributed by atoms with E-state index in [1.165, 1.54) is 45.6 Å². The third-order valence-electron chi connectivity index (χ3n) is 27.8. The van der Waals surface area contributed by atoms with Gasteiger partial charge in [-0.3, -0.25) is 43.2 Å². The van der Waals surface area contributed by atoms with Crippen molar-refractivity contribution in [2.45, 2.75) is 463 Å². The number of carbonyl (C=O) groups excluding carboxylic acids is 9. The first-order valence-corrected chi connectivity index (χ1v) is 40.8. The van der Waals surface area contributed by atoms with Crippen molar-refractivity contribution in [1.82, 2.24) is 0 Å². The third kappa shape index (κ3) is 25.6. The molecule has 19 unspecified atom stereocenters. The van der Waals surface area contributed by atoms with Gasteiger partial charge in [-0.1, -0.05) is 172 Å². The Morgan fingerprint density at radius 1 is 0.440 bits per heavy atom. The summed E-state index contributed by atoms with van der Waals surface area (Å²) in [5.41, 5.74) is -2.68. The molecule has 12 aliphatic carbocycles. The molecule has 0 aromatic rings. The molecular formula is C95H180O21. The molecule has 21 heteroatoms. The van der Waals surface area contributed by atoms with Crippen LogP contribution >= 0.6 is 0 Å². The highest BCUT2D eigenvalue weighted by molar-refractivity contribution is 5.86. The number of aliphatic hydroxyl groups is 2. The van der Waals surface area contributed by atoms with E-state index >= 15 is 0 Å². The second-order valence-electron chi connectivity index (χ2n) is 36.3. The zero-order chi connectivity index (χ0) is 76.5. The van der Waals surface area contributed by atoms with Crippen molar-refractivity contribution < 1.29 is 101 Å². The normalized spacial score (nSPS) is 33.6. The smallest absolute Gasteiger partial charge is 0.312 e. The molecule has 0 aromatic carbocycles. The molecule has 4 aliphatic heterocycles. The summed E-state index contributed by atoms with van der Waals surface area (Å²) >= 11 is 0. The predicted molar refractivity (Wildman–Crippen MR) is 466 cm³/mol. The summed E-state index contributed by atoms with van der Waals surface area (Å²) in [6.45, 7) is 31.6. The van der Waals surface area contributed by atoms with Crippen molar-refractivity contribution >= 4 is 53.7 Å². The lowest BCUT2D eigenvalue weighted by molar-refractivity contribution is -0.223. The monoisotopic (exact) mass is 1660 g/mol. The quantitative estimate of drug-likeness (QED) is 0.0797. The maximum Gasteiger partial charge on any atom is 0.312 e. The van der Waals surface area contributed by atoms with Crippen LogP contribution in [0.3, 0.4) is 0 Å². The van der Waals surface area contributed by atoms with Crippen LogP contribution in [0.4, 0.5) is 0 Å². The lowest BCUT2D eigenvalue weighted by Gasteiger charge is -2.59. The molecule has 0 radical (unpaired) electrons. The van der Waals surface area contributed by atoms with Gasteiger partial charge in [0, 0.05) is 24.7 Å². The van der Waals surface area contributed by atoms with Gasteiger partial charge in [0.15, 0.2) is 12.2 Å². The fourth-order valence-electron chi connectivity index (χ4n) is 20.3. The summed E-state index contributed by atoms with van der Waals surface area (Å²) in [6.07, 6.45) is 26.4. The van der Waals surface area contributed by atoms with Crippen LogP contribution in [0.25, 0.3) is 0 Å². The molecular weight excluding hydrogens is 1480 g/mol. The van der Waals surface area contributed by atoms with Crippen LogP contribution in [0.1, 0.15) is 393 Å². The van der Waals surface area contributed by atoms with Gasteiger partial charge < -0.3 is 57.6 Å². The molecule has 12 bridgehead atoms. The van der Waals surface area contributed by atoms with Crippen molar-refractivity contribution in [2.75, 3.05) is 7.11 Å². The van der Waals surface area contributed by atoms with E-state index in [2.05, 4.69) is 13.8 Å². The lowest BCUT2D eigenvalue weighted by Crippen LogP contribution is -2.60. The summed E-state index contributed by atoms with van der Waals surface area (Å²) < 4.78 is 55.3. The summed E-state index contributed by atoms with van der Waals surface area (Å²) in [7, 11) is 1.31. The number of hydrogen-bond donors (Lipinski definition) is 2. The Kier molecular flexibility index (Phi) is 47.5. The van der Waals surface area contributed by atoms with E-state index < -0.39 is 41.2 Å². The second kappa shape index (κ2) is 46.9. The molecule has 686 valence electrons. The molecule has 4 heterocycles. The SMILES string of the molecule is C.C.C.C.C.C.C.C.C.C.C.C.CCC(C)C(=O)OC12CC3CC(CC(O)(C3)C1)C2.CCC(C)C(=O)OC12CC3CC(CC(O)(C3)C1)C2.CCC(C)C(=O)OC1C2CC3C(=O)OC1C3O2.CCC(C)C(=O)OC1C2CC3C1OC(=O)C3C2C(=O)OC.CCC1(OC(=O)C(C)(C)CC)CCCC1.CCC1(OC(=O)C(C)(C)CC)CCCC1. The highest BCUT2D eigenvalue weighted by Gasteiger charge is 2.71. The van der Waals surface area contributed by atoms with Crippen molar-refractivity contribution in [2.24, 2.45) is 87.8 Å². The molecule has 2 N–H and O–H groups in total. The summed E-state index contributed by atoms with van der Waals surface area (Å²) in [5, 5.41) is 21.2. The Labute approximate surface area is 708 Å². The minimum atomic E-state index is -0.542. The molecule has 116 heavy (non-hydrogen) atoms. The van der Waals surface area contributed by atoms with E-state index in [0.717, 1.165) is 122 Å². The maximum atomic E-state index is 12.1. The van der Waals surface area contributed by atoms with Gasteiger partial charge in [0.1, 0.15) is 40.7 Å². The Morgan fingerprint density at radius 2 is 0.784 bits per heavy atom. The first kappa shape index (κ1) is 117. The fourth-order valence-corrected chi connectivity index (χ4v) is 20.3. The van der Waals surface area contributed by atoms with Gasteiger partial charge in [0.2, 0.25) is 0 Å². The Bertz CT molecular complexity index is 2900. The summed E-state index contributed by atoms with van der Waals surface area (Å²) in [5.74, 6) is -1.04. The van der Waals surface area contributed by atoms with Gasteiger partial charge in [-0.2, -0.15) is 0 Å². The highest BCUT2D eigenvalue weighted by atomic mass is 16.7. The molecule has 16 rings (SSSR count). The van der Waals surface area contributed by atoms with Crippen molar-refractivity contribution in [1.29, 1.82) is 0 Å². The van der Waals surface area contributed by atoms with Gasteiger partial charge in [-0.05, 0) is 231 Å². The van der Waals surface area contributed by atoms with Crippen molar-refractivity contribution in [3.8, 4) is 0 Å². The first-order valence-electron chi connectivity index (χ1n) is 40.8. The Balaban J connectivity index is -0.000000638. The standard InChI is InChI=1S/C15H20O6.2C15H24O3.2C13H24O2.C12H16O5.12CH4/c1-4-6(2)13(16)20-11-7-5-8-10(9(7)14(17)19-3)15(18)21-12(8)11;2*1-3-10(2)13(16)18-15-7-11-4-12(8-15)6-14(17,5-11)9-15;2*1-5-12(3,4)11(14)15-13(6-2)9-7-8-10-13;1-3-5(2)11(13)16-9-7-4-6-8(15-7)10(9)17-12(6)14;;;;;;;;;;;;/h6-12H,4-5H2,1-3H3;2*10-12,17H,3-9H2,1-2H3;2*5-10H2,1-4H3;5-10H,3-4H2,1-2H3;12*1H4. The molecule has 21 nitrogen and oxygen atoms in total. The van der Waals surface area contributed by atoms with Crippen molar-refractivity contribution in [3.05, 3.63) is 0 Å². The van der Waals surface area contributed by atoms with Gasteiger partial charge in [0.25, 0.3) is 0 Å². The van der Waals surface area contributed by atoms with Crippen molar-refractivity contribution in [3.63, 3.8) is 0 Å². The maximum absolute atomic E-state index is 12.1. The molecule has 0 aromatic heterocycles. The van der Waals surface area contributed by atoms with Crippen LogP contribution in [0.5, 0.6) is 0 Å². The Morgan fingerprint density at radius 3 is 1.11 bits per heavy atom. The largest absolute Gasteiger partial charge is 0.469 e. The Hall–Kier alpha value is -4.89. The minimum absolute atomic E-state index is 0.